The summed E-state index contributed by atoms with van der Waals surface area (Å²) < 4.78 is 5.75. The number of hydrogen-bond acceptors (Lipinski definition) is 3. The molecule has 3 heteroatoms. The molecule has 0 radical (unpaired) electrons. The van der Waals surface area contributed by atoms with Gasteiger partial charge < -0.3 is 15.2 Å². The van der Waals surface area contributed by atoms with Crippen molar-refractivity contribution < 1.29 is 9.84 Å². The molecule has 3 nitrogen and oxygen atoms in total. The van der Waals surface area contributed by atoms with E-state index in [-0.39, 0.29) is 11.5 Å². The van der Waals surface area contributed by atoms with E-state index in [4.69, 9.17) is 4.74 Å². The first-order valence-corrected chi connectivity index (χ1v) is 6.61. The van der Waals surface area contributed by atoms with Crippen LogP contribution < -0.4 is 5.32 Å². The summed E-state index contributed by atoms with van der Waals surface area (Å²) in [7, 11) is 0. The van der Waals surface area contributed by atoms with Crippen molar-refractivity contribution in [2.75, 3.05) is 13.2 Å². The van der Waals surface area contributed by atoms with Crippen LogP contribution in [-0.2, 0) is 4.74 Å². The van der Waals surface area contributed by atoms with Gasteiger partial charge in [0.15, 0.2) is 0 Å². The predicted molar refractivity (Wildman–Crippen MR) is 66.5 cm³/mol. The zero-order valence-corrected chi connectivity index (χ0v) is 11.1. The van der Waals surface area contributed by atoms with E-state index in [1.165, 1.54) is 0 Å². The first-order valence-electron chi connectivity index (χ1n) is 6.61. The Kier molecular flexibility index (Phi) is 5.22. The van der Waals surface area contributed by atoms with Crippen molar-refractivity contribution in [3.63, 3.8) is 0 Å². The molecule has 0 amide bonds. The smallest absolute Gasteiger partial charge is 0.0662 e. The lowest BCUT2D eigenvalue weighted by Gasteiger charge is -2.54. The minimum absolute atomic E-state index is 0.216. The molecule has 0 aromatic rings. The van der Waals surface area contributed by atoms with Crippen molar-refractivity contribution in [2.24, 2.45) is 5.41 Å². The maximum absolute atomic E-state index is 9.54. The molecule has 1 rings (SSSR count). The van der Waals surface area contributed by atoms with E-state index < -0.39 is 0 Å². The van der Waals surface area contributed by atoms with Crippen LogP contribution in [0.3, 0.4) is 0 Å². The van der Waals surface area contributed by atoms with Crippen LogP contribution >= 0.6 is 0 Å². The monoisotopic (exact) mass is 229 g/mol. The van der Waals surface area contributed by atoms with E-state index in [0.717, 1.165) is 25.9 Å². The Morgan fingerprint density at radius 2 is 2.12 bits per heavy atom. The van der Waals surface area contributed by atoms with Gasteiger partial charge >= 0.3 is 0 Å². The van der Waals surface area contributed by atoms with E-state index in [0.29, 0.717) is 18.7 Å². The standard InChI is InChI=1S/C13H27NO2/c1-5-10(15)9-14-11-8-12(16-7-3)13(11,4)6-2/h10-12,14-15H,5-9H2,1-4H3. The van der Waals surface area contributed by atoms with Crippen LogP contribution in [0.25, 0.3) is 0 Å². The molecule has 0 aromatic heterocycles. The third-order valence-corrected chi connectivity index (χ3v) is 4.18. The zero-order chi connectivity index (χ0) is 12.2. The number of hydrogen-bond donors (Lipinski definition) is 2. The van der Waals surface area contributed by atoms with Crippen molar-refractivity contribution in [3.05, 3.63) is 0 Å². The number of aliphatic hydroxyl groups excluding tert-OH is 1. The largest absolute Gasteiger partial charge is 0.392 e. The molecule has 96 valence electrons. The minimum Gasteiger partial charge on any atom is -0.392 e. The molecule has 0 aromatic carbocycles. The van der Waals surface area contributed by atoms with Crippen LogP contribution in [0.15, 0.2) is 0 Å². The second-order valence-electron chi connectivity index (χ2n) is 5.06. The molecular formula is C13H27NO2. The van der Waals surface area contributed by atoms with E-state index >= 15 is 0 Å². The molecule has 1 fully saturated rings. The molecule has 0 bridgehead atoms. The minimum atomic E-state index is -0.216. The second kappa shape index (κ2) is 5.99. The summed E-state index contributed by atoms with van der Waals surface area (Å²) in [6.07, 6.45) is 3.19. The van der Waals surface area contributed by atoms with Gasteiger partial charge in [-0.2, -0.15) is 0 Å². The lowest BCUT2D eigenvalue weighted by molar-refractivity contribution is -0.127. The molecule has 0 spiro atoms. The number of aliphatic hydroxyl groups is 1. The molecule has 2 N–H and O–H groups in total. The van der Waals surface area contributed by atoms with Crippen molar-refractivity contribution in [1.82, 2.24) is 5.32 Å². The van der Waals surface area contributed by atoms with Gasteiger partial charge in [0.25, 0.3) is 0 Å². The fraction of sp³-hybridized carbons (Fsp3) is 1.00. The molecule has 1 saturated carbocycles. The Morgan fingerprint density at radius 3 is 2.62 bits per heavy atom. The van der Waals surface area contributed by atoms with Crippen LogP contribution in [0.4, 0.5) is 0 Å². The van der Waals surface area contributed by atoms with Crippen molar-refractivity contribution >= 4 is 0 Å². The van der Waals surface area contributed by atoms with Crippen LogP contribution in [0, 0.1) is 5.41 Å². The highest BCUT2D eigenvalue weighted by atomic mass is 16.5. The summed E-state index contributed by atoms with van der Waals surface area (Å²) in [6, 6.07) is 0.496. The predicted octanol–water partition coefficient (Wildman–Crippen LogP) is 1.94. The Hall–Kier alpha value is -0.120. The van der Waals surface area contributed by atoms with Gasteiger partial charge in [-0.1, -0.05) is 20.8 Å². The molecule has 16 heavy (non-hydrogen) atoms. The fourth-order valence-electron chi connectivity index (χ4n) is 2.49. The van der Waals surface area contributed by atoms with Gasteiger partial charge in [0.05, 0.1) is 12.2 Å². The fourth-order valence-corrected chi connectivity index (χ4v) is 2.49. The second-order valence-corrected chi connectivity index (χ2v) is 5.06. The summed E-state index contributed by atoms with van der Waals surface area (Å²) in [5.74, 6) is 0. The van der Waals surface area contributed by atoms with Gasteiger partial charge in [0.2, 0.25) is 0 Å². The zero-order valence-electron chi connectivity index (χ0n) is 11.1. The Morgan fingerprint density at radius 1 is 1.44 bits per heavy atom. The molecule has 1 aliphatic rings. The van der Waals surface area contributed by atoms with Gasteiger partial charge in [-0.25, -0.2) is 0 Å². The normalized spacial score (nSPS) is 35.8. The Balaban J connectivity index is 2.39. The average molecular weight is 229 g/mol. The number of rotatable bonds is 7. The topological polar surface area (TPSA) is 41.5 Å². The number of ether oxygens (including phenoxy) is 1. The van der Waals surface area contributed by atoms with Gasteiger partial charge in [0.1, 0.15) is 0 Å². The third-order valence-electron chi connectivity index (χ3n) is 4.18. The van der Waals surface area contributed by atoms with Crippen LogP contribution in [0.5, 0.6) is 0 Å². The van der Waals surface area contributed by atoms with E-state index in [1.807, 2.05) is 6.92 Å². The molecule has 0 aliphatic heterocycles. The van der Waals surface area contributed by atoms with Crippen molar-refractivity contribution in [1.29, 1.82) is 0 Å². The van der Waals surface area contributed by atoms with Crippen LogP contribution in [0.2, 0.25) is 0 Å². The SMILES string of the molecule is CCOC1CC(NCC(O)CC)C1(C)CC. The lowest BCUT2D eigenvalue weighted by Crippen LogP contribution is -2.62. The highest BCUT2D eigenvalue weighted by molar-refractivity contribution is 5.04. The molecule has 1 aliphatic carbocycles. The Bertz CT molecular complexity index is 210. The van der Waals surface area contributed by atoms with Gasteiger partial charge in [-0.05, 0) is 26.2 Å². The summed E-state index contributed by atoms with van der Waals surface area (Å²) in [5.41, 5.74) is 0.240. The lowest BCUT2D eigenvalue weighted by atomic mass is 9.61. The highest BCUT2D eigenvalue weighted by Gasteiger charge is 2.50. The van der Waals surface area contributed by atoms with Crippen molar-refractivity contribution in [3.8, 4) is 0 Å². The Labute approximate surface area is 99.6 Å². The average Bonchev–Trinajstić information content (AvgIpc) is 2.31. The first kappa shape index (κ1) is 13.9. The van der Waals surface area contributed by atoms with E-state index in [1.54, 1.807) is 0 Å². The van der Waals surface area contributed by atoms with E-state index in [2.05, 4.69) is 26.1 Å². The summed E-state index contributed by atoms with van der Waals surface area (Å²) in [5, 5.41) is 13.0. The maximum atomic E-state index is 9.54. The van der Waals surface area contributed by atoms with Gasteiger partial charge in [0, 0.05) is 24.6 Å². The van der Waals surface area contributed by atoms with Gasteiger partial charge in [-0.3, -0.25) is 0 Å². The van der Waals surface area contributed by atoms with Crippen LogP contribution in [-0.4, -0.2) is 36.5 Å². The maximum Gasteiger partial charge on any atom is 0.0662 e. The summed E-state index contributed by atoms with van der Waals surface area (Å²) in [6.45, 7) is 10.1. The van der Waals surface area contributed by atoms with Crippen LogP contribution in [0.1, 0.15) is 47.0 Å². The first-order chi connectivity index (χ1) is 7.58. The number of nitrogens with one attached hydrogen (secondary N) is 1. The molecule has 4 atom stereocenters. The summed E-state index contributed by atoms with van der Waals surface area (Å²) >= 11 is 0. The molecule has 0 heterocycles. The highest BCUT2D eigenvalue weighted by Crippen LogP contribution is 2.45. The third kappa shape index (κ3) is 2.76. The summed E-state index contributed by atoms with van der Waals surface area (Å²) in [4.78, 5) is 0. The van der Waals surface area contributed by atoms with Crippen molar-refractivity contribution in [2.45, 2.75) is 65.2 Å². The molecular weight excluding hydrogens is 202 g/mol. The molecule has 0 saturated heterocycles. The van der Waals surface area contributed by atoms with Gasteiger partial charge in [-0.15, -0.1) is 0 Å². The van der Waals surface area contributed by atoms with E-state index in [9.17, 15) is 5.11 Å². The molecule has 4 unspecified atom stereocenters. The quantitative estimate of drug-likeness (QED) is 0.701.